The summed E-state index contributed by atoms with van der Waals surface area (Å²) in [6.07, 6.45) is -4.64. The first-order chi connectivity index (χ1) is 6.96. The van der Waals surface area contributed by atoms with Crippen LogP contribution in [-0.4, -0.2) is 6.36 Å². The maximum absolute atomic E-state index is 11.9. The summed E-state index contributed by atoms with van der Waals surface area (Å²) >= 11 is 1.28. The number of aryl methyl sites for hydroxylation is 1. The van der Waals surface area contributed by atoms with Gasteiger partial charge in [0.2, 0.25) is 0 Å². The van der Waals surface area contributed by atoms with E-state index in [0.717, 1.165) is 15.6 Å². The van der Waals surface area contributed by atoms with Gasteiger partial charge in [-0.25, -0.2) is 0 Å². The second-order valence-electron chi connectivity index (χ2n) is 3.03. The molecule has 0 fully saturated rings. The highest BCUT2D eigenvalue weighted by atomic mass is 32.1. The largest absolute Gasteiger partial charge is 0.573 e. The second-order valence-corrected chi connectivity index (χ2v) is 3.88. The molecular weight excluding hydrogens is 225 g/mol. The minimum absolute atomic E-state index is 0.190. The van der Waals surface area contributed by atoms with Crippen LogP contribution < -0.4 is 4.74 Å². The van der Waals surface area contributed by atoms with E-state index in [-0.39, 0.29) is 5.75 Å². The van der Waals surface area contributed by atoms with Crippen molar-refractivity contribution < 1.29 is 17.9 Å². The van der Waals surface area contributed by atoms with Crippen molar-refractivity contribution >= 4 is 21.4 Å². The molecule has 1 radical (unpaired) electrons. The fraction of sp³-hybridized carbons (Fsp3) is 0.200. The standard InChI is InChI=1S/C10H6F3OS/c1-6-5-15-9-4-7(2-3-8(6)9)14-10(11,12)13/h2-4H,1H3. The molecule has 0 saturated carbocycles. The summed E-state index contributed by atoms with van der Waals surface area (Å²) < 4.78 is 40.3. The van der Waals surface area contributed by atoms with E-state index in [1.54, 1.807) is 6.07 Å². The molecule has 79 valence electrons. The summed E-state index contributed by atoms with van der Waals surface area (Å²) in [5.74, 6) is -0.190. The van der Waals surface area contributed by atoms with Crippen LogP contribution in [0, 0.1) is 12.3 Å². The van der Waals surface area contributed by atoms with E-state index in [9.17, 15) is 13.2 Å². The van der Waals surface area contributed by atoms with Crippen LogP contribution in [0.4, 0.5) is 13.2 Å². The highest BCUT2D eigenvalue weighted by molar-refractivity contribution is 7.16. The van der Waals surface area contributed by atoms with Gasteiger partial charge in [-0.15, -0.1) is 24.5 Å². The van der Waals surface area contributed by atoms with Gasteiger partial charge in [-0.3, -0.25) is 0 Å². The first-order valence-corrected chi connectivity index (χ1v) is 4.94. The lowest BCUT2D eigenvalue weighted by atomic mass is 10.2. The molecule has 0 unspecified atom stereocenters. The Labute approximate surface area is 88.1 Å². The Balaban J connectivity index is 2.39. The van der Waals surface area contributed by atoms with E-state index >= 15 is 0 Å². The fourth-order valence-electron chi connectivity index (χ4n) is 1.28. The maximum atomic E-state index is 11.9. The predicted molar refractivity (Wildman–Crippen MR) is 52.1 cm³/mol. The molecule has 0 aliphatic heterocycles. The smallest absolute Gasteiger partial charge is 0.406 e. The van der Waals surface area contributed by atoms with Crippen LogP contribution in [-0.2, 0) is 0 Å². The topological polar surface area (TPSA) is 9.23 Å². The van der Waals surface area contributed by atoms with Gasteiger partial charge in [0, 0.05) is 10.1 Å². The van der Waals surface area contributed by atoms with E-state index in [1.165, 1.54) is 23.5 Å². The van der Waals surface area contributed by atoms with Crippen molar-refractivity contribution in [1.82, 2.24) is 0 Å². The molecular formula is C10H6F3OS. The molecule has 0 N–H and O–H groups in total. The molecule has 0 aliphatic carbocycles. The number of alkyl halides is 3. The van der Waals surface area contributed by atoms with E-state index < -0.39 is 6.36 Å². The third kappa shape index (κ3) is 2.23. The summed E-state index contributed by atoms with van der Waals surface area (Å²) in [5.41, 5.74) is 0.938. The SMILES string of the molecule is Cc1[c]sc2cc(OC(F)(F)F)ccc12. The van der Waals surface area contributed by atoms with Crippen molar-refractivity contribution in [3.63, 3.8) is 0 Å². The summed E-state index contributed by atoms with van der Waals surface area (Å²) in [4.78, 5) is 0. The molecule has 1 aromatic heterocycles. The molecule has 2 aromatic rings. The number of benzene rings is 1. The number of rotatable bonds is 1. The highest BCUT2D eigenvalue weighted by Crippen LogP contribution is 2.30. The van der Waals surface area contributed by atoms with Gasteiger partial charge in [0.1, 0.15) is 5.75 Å². The van der Waals surface area contributed by atoms with Crippen LogP contribution >= 0.6 is 11.3 Å². The second kappa shape index (κ2) is 3.41. The van der Waals surface area contributed by atoms with Gasteiger partial charge < -0.3 is 4.74 Å². The number of fused-ring (bicyclic) bond motifs is 1. The average Bonchev–Trinajstić information content (AvgIpc) is 2.45. The Morgan fingerprint density at radius 1 is 1.33 bits per heavy atom. The average molecular weight is 231 g/mol. The van der Waals surface area contributed by atoms with Gasteiger partial charge >= 0.3 is 6.36 Å². The van der Waals surface area contributed by atoms with Gasteiger partial charge in [-0.1, -0.05) is 0 Å². The van der Waals surface area contributed by atoms with Crippen molar-refractivity contribution in [1.29, 1.82) is 0 Å². The molecule has 0 aliphatic rings. The first-order valence-electron chi connectivity index (χ1n) is 4.12. The zero-order valence-corrected chi connectivity index (χ0v) is 8.50. The maximum Gasteiger partial charge on any atom is 0.573 e. The van der Waals surface area contributed by atoms with Crippen LogP contribution in [0.5, 0.6) is 5.75 Å². The van der Waals surface area contributed by atoms with Crippen molar-refractivity contribution in [2.24, 2.45) is 0 Å². The third-order valence-electron chi connectivity index (χ3n) is 1.90. The predicted octanol–water partition coefficient (Wildman–Crippen LogP) is 3.91. The van der Waals surface area contributed by atoms with E-state index in [0.29, 0.717) is 0 Å². The molecule has 0 saturated heterocycles. The fourth-order valence-corrected chi connectivity index (χ4v) is 2.16. The number of thiophene rings is 1. The number of halogens is 3. The summed E-state index contributed by atoms with van der Waals surface area (Å²) in [5, 5.41) is 3.88. The lowest BCUT2D eigenvalue weighted by Gasteiger charge is -2.08. The minimum atomic E-state index is -4.64. The van der Waals surface area contributed by atoms with Gasteiger partial charge in [-0.05, 0) is 36.1 Å². The first kappa shape index (κ1) is 10.3. The van der Waals surface area contributed by atoms with Crippen LogP contribution in [0.25, 0.3) is 10.1 Å². The Hall–Kier alpha value is -1.23. The molecule has 0 amide bonds. The van der Waals surface area contributed by atoms with Gasteiger partial charge in [0.25, 0.3) is 0 Å². The highest BCUT2D eigenvalue weighted by Gasteiger charge is 2.31. The van der Waals surface area contributed by atoms with Crippen LogP contribution in [0.1, 0.15) is 5.56 Å². The van der Waals surface area contributed by atoms with Crippen molar-refractivity contribution in [3.05, 3.63) is 29.1 Å². The van der Waals surface area contributed by atoms with Gasteiger partial charge in [0.15, 0.2) is 0 Å². The van der Waals surface area contributed by atoms with Crippen LogP contribution in [0.2, 0.25) is 0 Å². The zero-order chi connectivity index (χ0) is 11.1. The molecule has 15 heavy (non-hydrogen) atoms. The van der Waals surface area contributed by atoms with Crippen molar-refractivity contribution in [2.75, 3.05) is 0 Å². The molecule has 1 heterocycles. The molecule has 0 bridgehead atoms. The van der Waals surface area contributed by atoms with Crippen LogP contribution in [0.3, 0.4) is 0 Å². The van der Waals surface area contributed by atoms with Crippen LogP contribution in [0.15, 0.2) is 18.2 Å². The monoisotopic (exact) mass is 231 g/mol. The molecule has 1 aromatic carbocycles. The molecule has 1 nitrogen and oxygen atoms in total. The molecule has 5 heteroatoms. The Morgan fingerprint density at radius 3 is 2.73 bits per heavy atom. The summed E-state index contributed by atoms with van der Waals surface area (Å²) in [6.45, 7) is 1.86. The zero-order valence-electron chi connectivity index (χ0n) is 7.68. The molecule has 0 spiro atoms. The molecule has 0 atom stereocenters. The summed E-state index contributed by atoms with van der Waals surface area (Å²) in [6, 6.07) is 4.29. The van der Waals surface area contributed by atoms with E-state index in [4.69, 9.17) is 0 Å². The van der Waals surface area contributed by atoms with Crippen molar-refractivity contribution in [3.8, 4) is 5.75 Å². The van der Waals surface area contributed by atoms with Crippen molar-refractivity contribution in [2.45, 2.75) is 13.3 Å². The van der Waals surface area contributed by atoms with Gasteiger partial charge in [0.05, 0.1) is 0 Å². The third-order valence-corrected chi connectivity index (χ3v) is 2.87. The molecule has 2 rings (SSSR count). The minimum Gasteiger partial charge on any atom is -0.406 e. The Kier molecular flexibility index (Phi) is 2.34. The summed E-state index contributed by atoms with van der Waals surface area (Å²) in [7, 11) is 0. The number of hydrogen-bond acceptors (Lipinski definition) is 2. The lowest BCUT2D eigenvalue weighted by molar-refractivity contribution is -0.274. The number of hydrogen-bond donors (Lipinski definition) is 0. The van der Waals surface area contributed by atoms with E-state index in [1.807, 2.05) is 6.92 Å². The lowest BCUT2D eigenvalue weighted by Crippen LogP contribution is -2.16. The number of ether oxygens (including phenoxy) is 1. The Bertz CT molecular complexity index is 487. The van der Waals surface area contributed by atoms with E-state index in [2.05, 4.69) is 10.1 Å². The quantitative estimate of drug-likeness (QED) is 0.723. The van der Waals surface area contributed by atoms with Gasteiger partial charge in [-0.2, -0.15) is 0 Å². The Morgan fingerprint density at radius 2 is 2.07 bits per heavy atom. The normalized spacial score (nSPS) is 12.0.